The van der Waals surface area contributed by atoms with E-state index in [1.165, 1.54) is 0 Å². The molecule has 0 aliphatic carbocycles. The van der Waals surface area contributed by atoms with Gasteiger partial charge in [-0.15, -0.1) is 0 Å². The fraction of sp³-hybridized carbons (Fsp3) is 0.278. The van der Waals surface area contributed by atoms with Crippen LogP contribution in [0.15, 0.2) is 49.4 Å². The Morgan fingerprint density at radius 2 is 1.78 bits per heavy atom. The van der Waals surface area contributed by atoms with Crippen LogP contribution in [-0.4, -0.2) is 60.5 Å². The van der Waals surface area contributed by atoms with Gasteiger partial charge in [-0.25, -0.2) is 14.5 Å². The van der Waals surface area contributed by atoms with Gasteiger partial charge in [0.05, 0.1) is 30.5 Å². The van der Waals surface area contributed by atoms with Crippen molar-refractivity contribution in [3.8, 4) is 11.3 Å². The standard InChI is InChI=1S/C18H19N9/c1-24-13-14(10-22-24)15-11-19-12-17(23-15)25-6-8-26(9-7-25)18-16-2-3-21-27(16)5-4-20-18/h2-5,10-13H,6-9H2,1H3. The molecule has 0 N–H and O–H groups in total. The smallest absolute Gasteiger partial charge is 0.154 e. The van der Waals surface area contributed by atoms with Gasteiger partial charge in [0.15, 0.2) is 5.82 Å². The summed E-state index contributed by atoms with van der Waals surface area (Å²) in [5, 5.41) is 8.51. The molecule has 1 aliphatic rings. The summed E-state index contributed by atoms with van der Waals surface area (Å²) < 4.78 is 3.63. The molecule has 0 amide bonds. The van der Waals surface area contributed by atoms with E-state index in [2.05, 4.69) is 30.0 Å². The number of anilines is 2. The molecule has 5 heterocycles. The summed E-state index contributed by atoms with van der Waals surface area (Å²) in [5.41, 5.74) is 2.85. The van der Waals surface area contributed by atoms with Gasteiger partial charge in [0, 0.05) is 57.4 Å². The lowest BCUT2D eigenvalue weighted by molar-refractivity contribution is 0.641. The molecule has 4 aromatic rings. The van der Waals surface area contributed by atoms with E-state index >= 15 is 0 Å². The maximum absolute atomic E-state index is 4.78. The SMILES string of the molecule is Cn1cc(-c2cncc(N3CCN(c4nccn5nccc45)CC3)n2)cn1. The van der Waals surface area contributed by atoms with E-state index < -0.39 is 0 Å². The second-order valence-corrected chi connectivity index (χ2v) is 6.55. The molecule has 5 rings (SSSR count). The molecule has 9 nitrogen and oxygen atoms in total. The number of piperazine rings is 1. The molecule has 0 saturated carbocycles. The van der Waals surface area contributed by atoms with Gasteiger partial charge in [-0.1, -0.05) is 0 Å². The summed E-state index contributed by atoms with van der Waals surface area (Å²) in [6.45, 7) is 3.47. The molecule has 0 unspecified atom stereocenters. The van der Waals surface area contributed by atoms with Crippen LogP contribution in [0.2, 0.25) is 0 Å². The highest BCUT2D eigenvalue weighted by Gasteiger charge is 2.21. The maximum Gasteiger partial charge on any atom is 0.154 e. The molecule has 136 valence electrons. The van der Waals surface area contributed by atoms with Crippen LogP contribution in [0.1, 0.15) is 0 Å². The normalized spacial score (nSPS) is 14.9. The topological polar surface area (TPSA) is 80.3 Å². The fourth-order valence-corrected chi connectivity index (χ4v) is 3.43. The molecule has 0 bridgehead atoms. The van der Waals surface area contributed by atoms with E-state index in [0.29, 0.717) is 0 Å². The Hall–Kier alpha value is -3.49. The van der Waals surface area contributed by atoms with Crippen LogP contribution in [0, 0.1) is 0 Å². The van der Waals surface area contributed by atoms with Crippen LogP contribution < -0.4 is 9.80 Å². The predicted molar refractivity (Wildman–Crippen MR) is 102 cm³/mol. The summed E-state index contributed by atoms with van der Waals surface area (Å²) in [6.07, 6.45) is 12.8. The second kappa shape index (κ2) is 6.35. The molecule has 0 radical (unpaired) electrons. The minimum atomic E-state index is 0.841. The molecule has 1 fully saturated rings. The maximum atomic E-state index is 4.78. The number of hydrogen-bond donors (Lipinski definition) is 0. The number of rotatable bonds is 3. The van der Waals surface area contributed by atoms with Crippen molar-refractivity contribution in [1.29, 1.82) is 0 Å². The van der Waals surface area contributed by atoms with Gasteiger partial charge in [-0.05, 0) is 6.07 Å². The zero-order valence-electron chi connectivity index (χ0n) is 15.0. The van der Waals surface area contributed by atoms with Crippen molar-refractivity contribution >= 4 is 17.2 Å². The number of aromatic nitrogens is 7. The molecule has 27 heavy (non-hydrogen) atoms. The van der Waals surface area contributed by atoms with Crippen molar-refractivity contribution in [1.82, 2.24) is 34.3 Å². The van der Waals surface area contributed by atoms with Crippen molar-refractivity contribution in [3.63, 3.8) is 0 Å². The third kappa shape index (κ3) is 2.86. The number of hydrogen-bond acceptors (Lipinski definition) is 7. The average molecular weight is 361 g/mol. The highest BCUT2D eigenvalue weighted by Crippen LogP contribution is 2.23. The van der Waals surface area contributed by atoms with Gasteiger partial charge in [0.2, 0.25) is 0 Å². The molecule has 0 aromatic carbocycles. The van der Waals surface area contributed by atoms with Gasteiger partial charge in [0.1, 0.15) is 11.3 Å². The summed E-state index contributed by atoms with van der Waals surface area (Å²) in [6, 6.07) is 2.00. The molecule has 9 heteroatoms. The van der Waals surface area contributed by atoms with Crippen LogP contribution >= 0.6 is 0 Å². The monoisotopic (exact) mass is 361 g/mol. The van der Waals surface area contributed by atoms with Gasteiger partial charge in [-0.3, -0.25) is 9.67 Å². The summed E-state index contributed by atoms with van der Waals surface area (Å²) >= 11 is 0. The number of aryl methyl sites for hydroxylation is 1. The summed E-state index contributed by atoms with van der Waals surface area (Å²) in [5.74, 6) is 1.87. The highest BCUT2D eigenvalue weighted by molar-refractivity contribution is 5.68. The zero-order chi connectivity index (χ0) is 18.2. The average Bonchev–Trinajstić information content (AvgIpc) is 3.37. The lowest BCUT2D eigenvalue weighted by atomic mass is 10.2. The molecule has 1 saturated heterocycles. The van der Waals surface area contributed by atoms with E-state index in [1.807, 2.05) is 42.4 Å². The molecular weight excluding hydrogens is 342 g/mol. The first kappa shape index (κ1) is 15.7. The molecule has 1 aliphatic heterocycles. The van der Waals surface area contributed by atoms with Crippen molar-refractivity contribution in [2.75, 3.05) is 36.0 Å². The Labute approximate surface area is 155 Å². The summed E-state index contributed by atoms with van der Waals surface area (Å²) in [4.78, 5) is 18.3. The van der Waals surface area contributed by atoms with Crippen LogP contribution in [0.25, 0.3) is 16.8 Å². The van der Waals surface area contributed by atoms with E-state index in [1.54, 1.807) is 23.3 Å². The number of fused-ring (bicyclic) bond motifs is 1. The minimum Gasteiger partial charge on any atom is -0.352 e. The van der Waals surface area contributed by atoms with Gasteiger partial charge in [0.25, 0.3) is 0 Å². The highest BCUT2D eigenvalue weighted by atomic mass is 15.3. The molecular formula is C18H19N9. The first-order valence-electron chi connectivity index (χ1n) is 8.87. The lowest BCUT2D eigenvalue weighted by Crippen LogP contribution is -2.47. The fourth-order valence-electron chi connectivity index (χ4n) is 3.43. The Bertz CT molecular complexity index is 1080. The third-order valence-corrected chi connectivity index (χ3v) is 4.83. The Balaban J connectivity index is 1.34. The predicted octanol–water partition coefficient (Wildman–Crippen LogP) is 1.25. The van der Waals surface area contributed by atoms with Crippen molar-refractivity contribution in [3.05, 3.63) is 49.4 Å². The second-order valence-electron chi connectivity index (χ2n) is 6.55. The zero-order valence-corrected chi connectivity index (χ0v) is 15.0. The Morgan fingerprint density at radius 3 is 2.59 bits per heavy atom. The van der Waals surface area contributed by atoms with E-state index in [4.69, 9.17) is 4.98 Å². The quantitative estimate of drug-likeness (QED) is 0.543. The van der Waals surface area contributed by atoms with E-state index in [9.17, 15) is 0 Å². The van der Waals surface area contributed by atoms with Gasteiger partial charge < -0.3 is 9.80 Å². The van der Waals surface area contributed by atoms with Crippen LogP contribution in [0.4, 0.5) is 11.6 Å². The lowest BCUT2D eigenvalue weighted by Gasteiger charge is -2.36. The number of nitrogens with zero attached hydrogens (tertiary/aromatic N) is 9. The van der Waals surface area contributed by atoms with Crippen molar-refractivity contribution in [2.24, 2.45) is 7.05 Å². The summed E-state index contributed by atoms with van der Waals surface area (Å²) in [7, 11) is 1.90. The van der Waals surface area contributed by atoms with Crippen LogP contribution in [-0.2, 0) is 7.05 Å². The Morgan fingerprint density at radius 1 is 0.926 bits per heavy atom. The van der Waals surface area contributed by atoms with Gasteiger partial charge >= 0.3 is 0 Å². The van der Waals surface area contributed by atoms with Crippen LogP contribution in [0.3, 0.4) is 0 Å². The third-order valence-electron chi connectivity index (χ3n) is 4.83. The first-order valence-corrected chi connectivity index (χ1v) is 8.87. The Kier molecular flexibility index (Phi) is 3.70. The van der Waals surface area contributed by atoms with Crippen molar-refractivity contribution in [2.45, 2.75) is 0 Å². The van der Waals surface area contributed by atoms with Crippen LogP contribution in [0.5, 0.6) is 0 Å². The van der Waals surface area contributed by atoms with E-state index in [-0.39, 0.29) is 0 Å². The molecule has 0 atom stereocenters. The molecule has 0 spiro atoms. The van der Waals surface area contributed by atoms with E-state index in [0.717, 1.165) is 54.6 Å². The minimum absolute atomic E-state index is 0.841. The largest absolute Gasteiger partial charge is 0.352 e. The van der Waals surface area contributed by atoms with Gasteiger partial charge in [-0.2, -0.15) is 10.2 Å². The van der Waals surface area contributed by atoms with Crippen molar-refractivity contribution < 1.29 is 0 Å². The first-order chi connectivity index (χ1) is 13.3. The molecule has 4 aromatic heterocycles.